The average Bonchev–Trinajstić information content (AvgIpc) is 2.51. The minimum absolute atomic E-state index is 0.0219. The fourth-order valence-corrected chi connectivity index (χ4v) is 3.66. The molecule has 2 aliphatic rings. The third-order valence-corrected chi connectivity index (χ3v) is 5.37. The molecule has 22 heavy (non-hydrogen) atoms. The number of likely N-dealkylation sites (tertiary alicyclic amines) is 1. The molecule has 0 unspecified atom stereocenters. The third kappa shape index (κ3) is 2.87. The number of carbonyl (C=O) groups excluding carboxylic acids is 1. The highest BCUT2D eigenvalue weighted by Gasteiger charge is 2.46. The maximum absolute atomic E-state index is 12.4. The van der Waals surface area contributed by atoms with Gasteiger partial charge in [-0.3, -0.25) is 9.59 Å². The number of carboxylic acids is 1. The van der Waals surface area contributed by atoms with Crippen molar-refractivity contribution < 1.29 is 14.7 Å². The molecule has 1 saturated heterocycles. The first-order valence-corrected chi connectivity index (χ1v) is 8.17. The first kappa shape index (κ1) is 15.1. The maximum Gasteiger partial charge on any atom is 0.310 e. The molecule has 0 aromatic heterocycles. The van der Waals surface area contributed by atoms with Crippen LogP contribution in [0.15, 0.2) is 30.3 Å². The van der Waals surface area contributed by atoms with Crippen LogP contribution >= 0.6 is 0 Å². The Hall–Kier alpha value is -1.84. The van der Waals surface area contributed by atoms with Gasteiger partial charge in [-0.05, 0) is 37.2 Å². The molecule has 1 aromatic carbocycles. The lowest BCUT2D eigenvalue weighted by molar-refractivity contribution is -0.159. The first-order chi connectivity index (χ1) is 10.6. The van der Waals surface area contributed by atoms with Crippen molar-refractivity contribution in [2.75, 3.05) is 13.1 Å². The molecule has 0 spiro atoms. The zero-order chi connectivity index (χ0) is 15.6. The number of benzene rings is 1. The van der Waals surface area contributed by atoms with Crippen molar-refractivity contribution in [1.82, 2.24) is 4.90 Å². The Morgan fingerprint density at radius 1 is 1.14 bits per heavy atom. The van der Waals surface area contributed by atoms with Gasteiger partial charge >= 0.3 is 5.97 Å². The largest absolute Gasteiger partial charge is 0.481 e. The molecule has 4 nitrogen and oxygen atoms in total. The quantitative estimate of drug-likeness (QED) is 0.930. The molecule has 3 rings (SSSR count). The van der Waals surface area contributed by atoms with Gasteiger partial charge in [-0.2, -0.15) is 0 Å². The van der Waals surface area contributed by atoms with Gasteiger partial charge in [-0.1, -0.05) is 36.8 Å². The van der Waals surface area contributed by atoms with Crippen molar-refractivity contribution in [3.8, 4) is 0 Å². The average molecular weight is 301 g/mol. The van der Waals surface area contributed by atoms with Crippen LogP contribution in [0.3, 0.4) is 0 Å². The zero-order valence-electron chi connectivity index (χ0n) is 12.8. The van der Waals surface area contributed by atoms with E-state index in [4.69, 9.17) is 0 Å². The molecular formula is C18H23NO3. The topological polar surface area (TPSA) is 57.6 Å². The minimum Gasteiger partial charge on any atom is -0.481 e. The molecular weight excluding hydrogens is 278 g/mol. The fraction of sp³-hybridized carbons (Fsp3) is 0.556. The molecule has 0 atom stereocenters. The van der Waals surface area contributed by atoms with Crippen molar-refractivity contribution in [3.05, 3.63) is 35.9 Å². The van der Waals surface area contributed by atoms with Crippen molar-refractivity contribution in [2.45, 2.75) is 44.4 Å². The van der Waals surface area contributed by atoms with Gasteiger partial charge in [0.1, 0.15) is 0 Å². The lowest BCUT2D eigenvalue weighted by atomic mass is 9.66. The highest BCUT2D eigenvalue weighted by Crippen LogP contribution is 2.44. The highest BCUT2D eigenvalue weighted by atomic mass is 16.4. The lowest BCUT2D eigenvalue weighted by Crippen LogP contribution is -2.45. The van der Waals surface area contributed by atoms with Gasteiger partial charge in [0.25, 0.3) is 0 Å². The monoisotopic (exact) mass is 301 g/mol. The Balaban J connectivity index is 1.55. The summed E-state index contributed by atoms with van der Waals surface area (Å²) in [6.45, 7) is 1.49. The Kier molecular flexibility index (Phi) is 4.19. The maximum atomic E-state index is 12.4. The second kappa shape index (κ2) is 6.11. The van der Waals surface area contributed by atoms with Crippen molar-refractivity contribution in [3.63, 3.8) is 0 Å². The summed E-state index contributed by atoms with van der Waals surface area (Å²) in [6, 6.07) is 10.4. The number of aliphatic carboxylic acids is 1. The Morgan fingerprint density at radius 2 is 1.77 bits per heavy atom. The normalized spacial score (nSPS) is 21.2. The van der Waals surface area contributed by atoms with Crippen molar-refractivity contribution >= 4 is 11.9 Å². The van der Waals surface area contributed by atoms with E-state index in [1.54, 1.807) is 0 Å². The first-order valence-electron chi connectivity index (χ1n) is 8.17. The van der Waals surface area contributed by atoms with Crippen molar-refractivity contribution in [1.29, 1.82) is 0 Å². The number of nitrogens with zero attached hydrogens (tertiary/aromatic N) is 1. The summed E-state index contributed by atoms with van der Waals surface area (Å²) in [6.07, 6.45) is 4.34. The van der Waals surface area contributed by atoms with E-state index in [0.29, 0.717) is 18.8 Å². The van der Waals surface area contributed by atoms with Gasteiger partial charge in [0.15, 0.2) is 0 Å². The van der Waals surface area contributed by atoms with E-state index in [-0.39, 0.29) is 12.3 Å². The number of carbonyl (C=O) groups is 2. The molecule has 1 aromatic rings. The lowest BCUT2D eigenvalue weighted by Gasteiger charge is -2.40. The van der Waals surface area contributed by atoms with E-state index in [2.05, 4.69) is 24.3 Å². The van der Waals surface area contributed by atoms with Crippen molar-refractivity contribution in [2.24, 2.45) is 5.41 Å². The van der Waals surface area contributed by atoms with E-state index in [0.717, 1.165) is 32.4 Å². The minimum atomic E-state index is -0.800. The number of rotatable bonds is 4. The summed E-state index contributed by atoms with van der Waals surface area (Å²) in [5, 5.41) is 9.35. The van der Waals surface area contributed by atoms with Gasteiger partial charge in [0.2, 0.25) is 5.91 Å². The van der Waals surface area contributed by atoms with Crippen LogP contribution in [-0.4, -0.2) is 35.0 Å². The summed E-state index contributed by atoms with van der Waals surface area (Å²) in [5.41, 5.74) is 0.573. The third-order valence-electron chi connectivity index (χ3n) is 5.37. The number of hydrogen-bond donors (Lipinski definition) is 1. The summed E-state index contributed by atoms with van der Waals surface area (Å²) >= 11 is 0. The van der Waals surface area contributed by atoms with Gasteiger partial charge in [0, 0.05) is 19.5 Å². The van der Waals surface area contributed by atoms with Crippen LogP contribution in [0.1, 0.15) is 50.0 Å². The molecule has 1 amide bonds. The number of piperidine rings is 1. The summed E-state index contributed by atoms with van der Waals surface area (Å²) < 4.78 is 0. The fourth-order valence-electron chi connectivity index (χ4n) is 3.66. The Labute approximate surface area is 131 Å². The van der Waals surface area contributed by atoms with Crippen LogP contribution in [-0.2, 0) is 9.59 Å². The van der Waals surface area contributed by atoms with E-state index in [9.17, 15) is 14.7 Å². The summed E-state index contributed by atoms with van der Waals surface area (Å²) in [4.78, 5) is 25.7. The highest BCUT2D eigenvalue weighted by molar-refractivity contribution is 5.85. The second-order valence-electron chi connectivity index (χ2n) is 6.68. The molecule has 1 heterocycles. The van der Waals surface area contributed by atoms with Crippen LogP contribution in [0.4, 0.5) is 0 Å². The van der Waals surface area contributed by atoms with Gasteiger partial charge < -0.3 is 10.0 Å². The Bertz CT molecular complexity index is 543. The summed E-state index contributed by atoms with van der Waals surface area (Å²) in [7, 11) is 0. The van der Waals surface area contributed by atoms with E-state index in [1.165, 1.54) is 5.56 Å². The molecule has 2 fully saturated rings. The van der Waals surface area contributed by atoms with Gasteiger partial charge in [-0.25, -0.2) is 0 Å². The zero-order valence-corrected chi connectivity index (χ0v) is 12.8. The second-order valence-corrected chi connectivity index (χ2v) is 6.68. The summed E-state index contributed by atoms with van der Waals surface area (Å²) in [5.74, 6) is -0.262. The standard InChI is InChI=1S/C18H23NO3/c20-16(13-18(17(21)22)9-4-10-18)19-11-7-15(8-12-19)14-5-2-1-3-6-14/h1-3,5-6,15H,4,7-13H2,(H,21,22). The molecule has 1 N–H and O–H groups in total. The van der Waals surface area contributed by atoms with Crippen LogP contribution in [0.5, 0.6) is 0 Å². The number of carboxylic acid groups (broad SMARTS) is 1. The number of hydrogen-bond acceptors (Lipinski definition) is 2. The van der Waals surface area contributed by atoms with E-state index >= 15 is 0 Å². The molecule has 1 aliphatic carbocycles. The SMILES string of the molecule is O=C(CC1(C(=O)O)CCC1)N1CCC(c2ccccc2)CC1. The van der Waals surface area contributed by atoms with Gasteiger partial charge in [-0.15, -0.1) is 0 Å². The number of amides is 1. The smallest absolute Gasteiger partial charge is 0.310 e. The molecule has 0 radical (unpaired) electrons. The van der Waals surface area contributed by atoms with E-state index in [1.807, 2.05) is 11.0 Å². The molecule has 4 heteroatoms. The van der Waals surface area contributed by atoms with Crippen LogP contribution in [0.25, 0.3) is 0 Å². The predicted octanol–water partition coefficient (Wildman–Crippen LogP) is 3.04. The molecule has 0 bridgehead atoms. The molecule has 1 saturated carbocycles. The van der Waals surface area contributed by atoms with Gasteiger partial charge in [0.05, 0.1) is 5.41 Å². The molecule has 118 valence electrons. The predicted molar refractivity (Wildman–Crippen MR) is 83.5 cm³/mol. The molecule has 1 aliphatic heterocycles. The van der Waals surface area contributed by atoms with E-state index < -0.39 is 11.4 Å². The Morgan fingerprint density at radius 3 is 2.27 bits per heavy atom. The van der Waals surface area contributed by atoms with Crippen LogP contribution < -0.4 is 0 Å². The van der Waals surface area contributed by atoms with Crippen LogP contribution in [0.2, 0.25) is 0 Å². The van der Waals surface area contributed by atoms with Crippen LogP contribution in [0, 0.1) is 5.41 Å².